The number of halogens is 2. The van der Waals surface area contributed by atoms with Crippen LogP contribution in [0.4, 0.5) is 10.1 Å². The van der Waals surface area contributed by atoms with Gasteiger partial charge in [0, 0.05) is 11.4 Å². The molecule has 0 spiro atoms. The highest BCUT2D eigenvalue weighted by molar-refractivity contribution is 9.10. The molecule has 0 aliphatic heterocycles. The minimum absolute atomic E-state index is 0.108. The standard InChI is InChI=1S/C14H15BrFN3O/c1-8-4-11(15)12(16)6-13(8)17-14(20)7-19-10(3)5-9(2)18-19/h4-6H,7H2,1-3H3,(H,17,20). The van der Waals surface area contributed by atoms with Gasteiger partial charge in [0.25, 0.3) is 0 Å². The maximum absolute atomic E-state index is 13.5. The Hall–Kier alpha value is -1.69. The summed E-state index contributed by atoms with van der Waals surface area (Å²) < 4.78 is 15.5. The molecule has 1 heterocycles. The van der Waals surface area contributed by atoms with Gasteiger partial charge in [0.15, 0.2) is 0 Å². The van der Waals surface area contributed by atoms with E-state index in [9.17, 15) is 9.18 Å². The van der Waals surface area contributed by atoms with Gasteiger partial charge in [-0.15, -0.1) is 0 Å². The summed E-state index contributed by atoms with van der Waals surface area (Å²) >= 11 is 3.11. The number of aromatic nitrogens is 2. The molecule has 0 radical (unpaired) electrons. The van der Waals surface area contributed by atoms with Crippen molar-refractivity contribution in [3.63, 3.8) is 0 Å². The van der Waals surface area contributed by atoms with Crippen LogP contribution in [0.15, 0.2) is 22.7 Å². The number of anilines is 1. The Morgan fingerprint density at radius 2 is 2.05 bits per heavy atom. The Morgan fingerprint density at radius 1 is 1.35 bits per heavy atom. The predicted molar refractivity (Wildman–Crippen MR) is 79.2 cm³/mol. The van der Waals surface area contributed by atoms with Crippen LogP contribution in [0.25, 0.3) is 0 Å². The van der Waals surface area contributed by atoms with Crippen LogP contribution in [0.2, 0.25) is 0 Å². The van der Waals surface area contributed by atoms with E-state index in [4.69, 9.17) is 0 Å². The minimum Gasteiger partial charge on any atom is -0.324 e. The lowest BCUT2D eigenvalue weighted by molar-refractivity contribution is -0.116. The lowest BCUT2D eigenvalue weighted by atomic mass is 10.2. The molecule has 0 aliphatic carbocycles. The summed E-state index contributed by atoms with van der Waals surface area (Å²) in [6.07, 6.45) is 0. The van der Waals surface area contributed by atoms with E-state index in [0.717, 1.165) is 17.0 Å². The molecule has 6 heteroatoms. The van der Waals surface area contributed by atoms with E-state index in [1.165, 1.54) is 6.07 Å². The van der Waals surface area contributed by atoms with Gasteiger partial charge in [0.2, 0.25) is 5.91 Å². The Morgan fingerprint density at radius 3 is 2.65 bits per heavy atom. The van der Waals surface area contributed by atoms with Gasteiger partial charge < -0.3 is 5.32 Å². The zero-order valence-electron chi connectivity index (χ0n) is 11.5. The topological polar surface area (TPSA) is 46.9 Å². The Balaban J connectivity index is 2.12. The molecule has 0 fully saturated rings. The van der Waals surface area contributed by atoms with Gasteiger partial charge in [-0.05, 0) is 60.5 Å². The number of carbonyl (C=O) groups is 1. The maximum Gasteiger partial charge on any atom is 0.246 e. The first-order valence-electron chi connectivity index (χ1n) is 6.13. The second-order valence-electron chi connectivity index (χ2n) is 4.71. The summed E-state index contributed by atoms with van der Waals surface area (Å²) in [5.74, 6) is -0.641. The lowest BCUT2D eigenvalue weighted by Gasteiger charge is -2.10. The molecule has 20 heavy (non-hydrogen) atoms. The predicted octanol–water partition coefficient (Wildman–Crippen LogP) is 3.35. The Kier molecular flexibility index (Phi) is 4.23. The molecular weight excluding hydrogens is 325 g/mol. The number of carbonyl (C=O) groups excluding carboxylic acids is 1. The number of rotatable bonds is 3. The fourth-order valence-corrected chi connectivity index (χ4v) is 2.40. The number of benzene rings is 1. The van der Waals surface area contributed by atoms with Crippen molar-refractivity contribution in [2.45, 2.75) is 27.3 Å². The molecule has 0 bridgehead atoms. The summed E-state index contributed by atoms with van der Waals surface area (Å²) in [7, 11) is 0. The third-order valence-corrected chi connectivity index (χ3v) is 3.55. The number of amides is 1. The van der Waals surface area contributed by atoms with Crippen LogP contribution in [0.1, 0.15) is 17.0 Å². The summed E-state index contributed by atoms with van der Waals surface area (Å²) in [5.41, 5.74) is 3.04. The summed E-state index contributed by atoms with van der Waals surface area (Å²) in [4.78, 5) is 12.0. The normalized spacial score (nSPS) is 10.7. The van der Waals surface area contributed by atoms with Crippen molar-refractivity contribution in [2.75, 3.05) is 5.32 Å². The quantitative estimate of drug-likeness (QED) is 0.932. The molecule has 1 aromatic carbocycles. The van der Waals surface area contributed by atoms with Crippen LogP contribution in [-0.2, 0) is 11.3 Å². The number of aryl methyl sites for hydroxylation is 3. The molecule has 0 saturated heterocycles. The number of hydrogen-bond donors (Lipinski definition) is 1. The average molecular weight is 340 g/mol. The largest absolute Gasteiger partial charge is 0.324 e. The molecule has 4 nitrogen and oxygen atoms in total. The smallest absolute Gasteiger partial charge is 0.246 e. The number of hydrogen-bond acceptors (Lipinski definition) is 2. The van der Waals surface area contributed by atoms with E-state index < -0.39 is 5.82 Å². The lowest BCUT2D eigenvalue weighted by Crippen LogP contribution is -2.20. The highest BCUT2D eigenvalue weighted by Crippen LogP contribution is 2.23. The van der Waals surface area contributed by atoms with Crippen molar-refractivity contribution < 1.29 is 9.18 Å². The Labute approximate surface area is 125 Å². The Bertz CT molecular complexity index is 667. The summed E-state index contributed by atoms with van der Waals surface area (Å²) in [6.45, 7) is 5.67. The third-order valence-electron chi connectivity index (χ3n) is 2.94. The van der Waals surface area contributed by atoms with Gasteiger partial charge in [0.1, 0.15) is 12.4 Å². The second-order valence-corrected chi connectivity index (χ2v) is 5.57. The zero-order chi connectivity index (χ0) is 14.9. The summed E-state index contributed by atoms with van der Waals surface area (Å²) in [5, 5.41) is 6.92. The van der Waals surface area contributed by atoms with Crippen molar-refractivity contribution in [3.8, 4) is 0 Å². The van der Waals surface area contributed by atoms with Crippen LogP contribution < -0.4 is 5.32 Å². The SMILES string of the molecule is Cc1cc(C)n(CC(=O)Nc2cc(F)c(Br)cc2C)n1. The fourth-order valence-electron chi connectivity index (χ4n) is 1.94. The maximum atomic E-state index is 13.5. The first-order valence-corrected chi connectivity index (χ1v) is 6.92. The molecule has 2 aromatic rings. The van der Waals surface area contributed by atoms with E-state index in [1.54, 1.807) is 10.7 Å². The van der Waals surface area contributed by atoms with Gasteiger partial charge in [-0.3, -0.25) is 9.48 Å². The van der Waals surface area contributed by atoms with Crippen molar-refractivity contribution in [1.82, 2.24) is 9.78 Å². The van der Waals surface area contributed by atoms with Gasteiger partial charge in [0.05, 0.1) is 10.2 Å². The van der Waals surface area contributed by atoms with Gasteiger partial charge in [-0.25, -0.2) is 4.39 Å². The first-order chi connectivity index (χ1) is 9.36. The molecule has 0 saturated carbocycles. The summed E-state index contributed by atoms with van der Waals surface area (Å²) in [6, 6.07) is 4.84. The molecule has 1 N–H and O–H groups in total. The molecular formula is C14H15BrFN3O. The van der Waals surface area contributed by atoms with Crippen LogP contribution >= 0.6 is 15.9 Å². The van der Waals surface area contributed by atoms with Crippen LogP contribution in [0, 0.1) is 26.6 Å². The molecule has 106 valence electrons. The van der Waals surface area contributed by atoms with E-state index in [2.05, 4.69) is 26.3 Å². The van der Waals surface area contributed by atoms with Crippen molar-refractivity contribution in [2.24, 2.45) is 0 Å². The van der Waals surface area contributed by atoms with Crippen LogP contribution in [-0.4, -0.2) is 15.7 Å². The molecule has 2 rings (SSSR count). The molecule has 0 unspecified atom stereocenters. The zero-order valence-corrected chi connectivity index (χ0v) is 13.1. The average Bonchev–Trinajstić information content (AvgIpc) is 2.64. The van der Waals surface area contributed by atoms with Crippen LogP contribution in [0.3, 0.4) is 0 Å². The number of nitrogens with one attached hydrogen (secondary N) is 1. The van der Waals surface area contributed by atoms with Crippen molar-refractivity contribution in [1.29, 1.82) is 0 Å². The molecule has 0 atom stereocenters. The fraction of sp³-hybridized carbons (Fsp3) is 0.286. The third kappa shape index (κ3) is 3.25. The molecule has 1 aromatic heterocycles. The molecule has 0 aliphatic rings. The highest BCUT2D eigenvalue weighted by Gasteiger charge is 2.11. The second kappa shape index (κ2) is 5.75. The van der Waals surface area contributed by atoms with Crippen molar-refractivity contribution in [3.05, 3.63) is 45.4 Å². The first kappa shape index (κ1) is 14.7. The number of nitrogens with zero attached hydrogens (tertiary/aromatic N) is 2. The van der Waals surface area contributed by atoms with Crippen LogP contribution in [0.5, 0.6) is 0 Å². The van der Waals surface area contributed by atoms with Gasteiger partial charge in [-0.1, -0.05) is 0 Å². The minimum atomic E-state index is -0.406. The van der Waals surface area contributed by atoms with E-state index in [0.29, 0.717) is 10.2 Å². The van der Waals surface area contributed by atoms with E-state index >= 15 is 0 Å². The van der Waals surface area contributed by atoms with Crippen molar-refractivity contribution >= 4 is 27.5 Å². The van der Waals surface area contributed by atoms with Gasteiger partial charge >= 0.3 is 0 Å². The monoisotopic (exact) mass is 339 g/mol. The van der Waals surface area contributed by atoms with Gasteiger partial charge in [-0.2, -0.15) is 5.10 Å². The highest BCUT2D eigenvalue weighted by atomic mass is 79.9. The van der Waals surface area contributed by atoms with E-state index in [-0.39, 0.29) is 12.5 Å². The van der Waals surface area contributed by atoms with E-state index in [1.807, 2.05) is 26.8 Å². The molecule has 1 amide bonds.